The molecule has 0 radical (unpaired) electrons. The van der Waals surface area contributed by atoms with Crippen molar-refractivity contribution < 1.29 is 0 Å². The highest BCUT2D eigenvalue weighted by Crippen LogP contribution is 2.21. The van der Waals surface area contributed by atoms with Gasteiger partial charge in [-0.1, -0.05) is 53.7 Å². The second-order valence-corrected chi connectivity index (χ2v) is 6.90. The Bertz CT molecular complexity index is 1070. The molecule has 8 heteroatoms. The van der Waals surface area contributed by atoms with Crippen LogP contribution in [0.1, 0.15) is 11.3 Å². The van der Waals surface area contributed by atoms with Crippen molar-refractivity contribution in [3.8, 4) is 0 Å². The van der Waals surface area contributed by atoms with Gasteiger partial charge in [-0.15, -0.1) is 5.10 Å². The summed E-state index contributed by atoms with van der Waals surface area (Å²) in [5, 5.41) is 7.95. The van der Waals surface area contributed by atoms with Gasteiger partial charge < -0.3 is 4.40 Å². The zero-order chi connectivity index (χ0) is 17.2. The minimum Gasteiger partial charge on any atom is -0.305 e. The molecule has 0 aliphatic carbocycles. The van der Waals surface area contributed by atoms with E-state index in [9.17, 15) is 4.79 Å². The standard InChI is InChI=1S/C17H14ClN5OS/c18-13-6-7-15-19-14(10-22(15)9-13)11-25-17-21-20-16(24)23(17)8-12-4-2-1-3-5-12/h1-7,9-10H,8,11H2,(H,20,24). The molecule has 4 aromatic rings. The number of nitrogens with one attached hydrogen (secondary N) is 1. The highest BCUT2D eigenvalue weighted by Gasteiger charge is 2.11. The number of hydrogen-bond acceptors (Lipinski definition) is 4. The maximum absolute atomic E-state index is 12.0. The maximum atomic E-state index is 12.0. The molecular weight excluding hydrogens is 358 g/mol. The topological polar surface area (TPSA) is 68.0 Å². The fourth-order valence-corrected chi connectivity index (χ4v) is 3.54. The van der Waals surface area contributed by atoms with E-state index < -0.39 is 0 Å². The number of halogens is 1. The molecule has 1 N–H and O–H groups in total. The predicted molar refractivity (Wildman–Crippen MR) is 98.2 cm³/mol. The van der Waals surface area contributed by atoms with E-state index in [0.717, 1.165) is 16.9 Å². The smallest absolute Gasteiger partial charge is 0.305 e. The first-order valence-electron chi connectivity index (χ1n) is 7.64. The summed E-state index contributed by atoms with van der Waals surface area (Å²) in [4.78, 5) is 16.6. The third kappa shape index (κ3) is 3.47. The van der Waals surface area contributed by atoms with Gasteiger partial charge in [0.15, 0.2) is 5.16 Å². The van der Waals surface area contributed by atoms with Crippen molar-refractivity contribution >= 4 is 29.0 Å². The van der Waals surface area contributed by atoms with Crippen LogP contribution in [-0.2, 0) is 12.3 Å². The van der Waals surface area contributed by atoms with Crippen molar-refractivity contribution in [1.82, 2.24) is 24.1 Å². The molecule has 1 aromatic carbocycles. The van der Waals surface area contributed by atoms with Crippen LogP contribution in [0.4, 0.5) is 0 Å². The lowest BCUT2D eigenvalue weighted by molar-refractivity contribution is 0.687. The Morgan fingerprint density at radius 3 is 2.80 bits per heavy atom. The summed E-state index contributed by atoms with van der Waals surface area (Å²) in [7, 11) is 0. The van der Waals surface area contributed by atoms with Crippen molar-refractivity contribution in [1.29, 1.82) is 0 Å². The first-order chi connectivity index (χ1) is 12.2. The van der Waals surface area contributed by atoms with Crippen molar-refractivity contribution in [2.24, 2.45) is 0 Å². The quantitative estimate of drug-likeness (QED) is 0.547. The molecule has 0 atom stereocenters. The first kappa shape index (κ1) is 16.0. The fourth-order valence-electron chi connectivity index (χ4n) is 2.54. The number of H-pyrrole nitrogens is 1. The second-order valence-electron chi connectivity index (χ2n) is 5.52. The second kappa shape index (κ2) is 6.78. The zero-order valence-electron chi connectivity index (χ0n) is 13.1. The van der Waals surface area contributed by atoms with Crippen LogP contribution in [-0.4, -0.2) is 24.1 Å². The van der Waals surface area contributed by atoms with Gasteiger partial charge in [-0.05, 0) is 17.7 Å². The zero-order valence-corrected chi connectivity index (χ0v) is 14.7. The monoisotopic (exact) mass is 371 g/mol. The maximum Gasteiger partial charge on any atom is 0.344 e. The Balaban J connectivity index is 1.53. The Kier molecular flexibility index (Phi) is 4.33. The molecular formula is C17H14ClN5OS. The number of rotatable bonds is 5. The molecule has 0 saturated carbocycles. The number of thioether (sulfide) groups is 1. The average Bonchev–Trinajstić information content (AvgIpc) is 3.17. The van der Waals surface area contributed by atoms with Crippen LogP contribution in [0.2, 0.25) is 5.02 Å². The summed E-state index contributed by atoms with van der Waals surface area (Å²) in [6.07, 6.45) is 3.75. The SMILES string of the molecule is O=c1[nH]nc(SCc2cn3cc(Cl)ccc3n2)n1Cc1ccccc1. The summed E-state index contributed by atoms with van der Waals surface area (Å²) >= 11 is 7.47. The fraction of sp³-hybridized carbons (Fsp3) is 0.118. The van der Waals surface area contributed by atoms with Crippen LogP contribution < -0.4 is 5.69 Å². The van der Waals surface area contributed by atoms with Gasteiger partial charge >= 0.3 is 5.69 Å². The van der Waals surface area contributed by atoms with Crippen LogP contribution in [0.15, 0.2) is 64.8 Å². The summed E-state index contributed by atoms with van der Waals surface area (Å²) in [6.45, 7) is 0.485. The van der Waals surface area contributed by atoms with Gasteiger partial charge in [-0.3, -0.25) is 4.57 Å². The molecule has 25 heavy (non-hydrogen) atoms. The number of benzene rings is 1. The molecule has 0 aliphatic rings. The predicted octanol–water partition coefficient (Wildman–Crippen LogP) is 3.21. The summed E-state index contributed by atoms with van der Waals surface area (Å²) in [6, 6.07) is 13.5. The van der Waals surface area contributed by atoms with E-state index in [1.54, 1.807) is 4.57 Å². The molecule has 3 heterocycles. The lowest BCUT2D eigenvalue weighted by Gasteiger charge is -2.04. The molecule has 0 saturated heterocycles. The lowest BCUT2D eigenvalue weighted by atomic mass is 10.2. The largest absolute Gasteiger partial charge is 0.344 e. The third-order valence-corrected chi connectivity index (χ3v) is 4.95. The molecule has 6 nitrogen and oxygen atoms in total. The molecule has 126 valence electrons. The van der Waals surface area contributed by atoms with Crippen molar-refractivity contribution in [2.45, 2.75) is 17.5 Å². The van der Waals surface area contributed by atoms with Crippen LogP contribution in [0.3, 0.4) is 0 Å². The van der Waals surface area contributed by atoms with Crippen molar-refractivity contribution in [3.63, 3.8) is 0 Å². The summed E-state index contributed by atoms with van der Waals surface area (Å²) < 4.78 is 3.52. The highest BCUT2D eigenvalue weighted by atomic mass is 35.5. The van der Waals surface area contributed by atoms with Gasteiger partial charge in [0.2, 0.25) is 0 Å². The van der Waals surface area contributed by atoms with E-state index in [1.807, 2.05) is 59.3 Å². The van der Waals surface area contributed by atoms with Crippen LogP contribution in [0, 0.1) is 0 Å². The lowest BCUT2D eigenvalue weighted by Crippen LogP contribution is -2.18. The summed E-state index contributed by atoms with van der Waals surface area (Å²) in [5.74, 6) is 0.610. The number of aromatic nitrogens is 5. The first-order valence-corrected chi connectivity index (χ1v) is 9.00. The van der Waals surface area contributed by atoms with Crippen LogP contribution >= 0.6 is 23.4 Å². The van der Waals surface area contributed by atoms with E-state index >= 15 is 0 Å². The minimum absolute atomic E-state index is 0.215. The molecule has 3 aromatic heterocycles. The molecule has 0 aliphatic heterocycles. The highest BCUT2D eigenvalue weighted by molar-refractivity contribution is 7.98. The van der Waals surface area contributed by atoms with Gasteiger partial charge in [0.1, 0.15) is 5.65 Å². The number of aromatic amines is 1. The number of fused-ring (bicyclic) bond motifs is 1. The molecule has 0 amide bonds. The number of imidazole rings is 1. The Hall–Kier alpha value is -2.51. The Morgan fingerprint density at radius 2 is 1.96 bits per heavy atom. The number of pyridine rings is 1. The Labute approximate surface area is 152 Å². The van der Waals surface area contributed by atoms with E-state index in [1.165, 1.54) is 11.8 Å². The Morgan fingerprint density at radius 1 is 1.12 bits per heavy atom. The van der Waals surface area contributed by atoms with Crippen LogP contribution in [0.25, 0.3) is 5.65 Å². The van der Waals surface area contributed by atoms with Crippen molar-refractivity contribution in [3.05, 3.63) is 81.6 Å². The number of nitrogens with zero attached hydrogens (tertiary/aromatic N) is 4. The van der Waals surface area contributed by atoms with E-state index in [0.29, 0.717) is 22.5 Å². The van der Waals surface area contributed by atoms with Crippen LogP contribution in [0.5, 0.6) is 0 Å². The van der Waals surface area contributed by atoms with E-state index in [2.05, 4.69) is 15.2 Å². The number of hydrogen-bond donors (Lipinski definition) is 1. The van der Waals surface area contributed by atoms with Crippen molar-refractivity contribution in [2.75, 3.05) is 0 Å². The third-order valence-electron chi connectivity index (χ3n) is 3.72. The minimum atomic E-state index is -0.215. The average molecular weight is 372 g/mol. The van der Waals surface area contributed by atoms with Gasteiger partial charge in [-0.2, -0.15) is 0 Å². The molecule has 0 bridgehead atoms. The van der Waals surface area contributed by atoms with E-state index in [4.69, 9.17) is 11.6 Å². The van der Waals surface area contributed by atoms with E-state index in [-0.39, 0.29) is 5.69 Å². The molecule has 0 fully saturated rings. The van der Waals surface area contributed by atoms with Gasteiger partial charge in [0.25, 0.3) is 0 Å². The van der Waals surface area contributed by atoms with Gasteiger partial charge in [0.05, 0.1) is 17.3 Å². The van der Waals surface area contributed by atoms with Gasteiger partial charge in [-0.25, -0.2) is 14.9 Å². The van der Waals surface area contributed by atoms with Gasteiger partial charge in [0, 0.05) is 18.1 Å². The molecule has 0 spiro atoms. The summed E-state index contributed by atoms with van der Waals surface area (Å²) in [5.41, 5.74) is 2.57. The normalized spacial score (nSPS) is 11.2. The molecule has 0 unspecified atom stereocenters. The molecule has 4 rings (SSSR count).